The van der Waals surface area contributed by atoms with Crippen molar-refractivity contribution in [3.05, 3.63) is 182 Å². The molecule has 0 fully saturated rings. The van der Waals surface area contributed by atoms with Gasteiger partial charge in [0.25, 0.3) is 0 Å². The summed E-state index contributed by atoms with van der Waals surface area (Å²) in [5.41, 5.74) is 0. The summed E-state index contributed by atoms with van der Waals surface area (Å²) in [7, 11) is 0. The lowest BCUT2D eigenvalue weighted by atomic mass is 10.1. The number of hydrogen-bond acceptors (Lipinski definition) is 6. The number of carbonyl (C=O) groups excluding carboxylic acids is 3. The first-order valence-electron chi connectivity index (χ1n) is 30.3. The molecule has 0 radical (unpaired) electrons. The smallest absolute Gasteiger partial charge is 0.306 e. The van der Waals surface area contributed by atoms with Crippen LogP contribution in [0.5, 0.6) is 0 Å². The topological polar surface area (TPSA) is 78.9 Å². The molecule has 0 spiro atoms. The zero-order valence-electron chi connectivity index (χ0n) is 48.9. The number of hydrogen-bond donors (Lipinski definition) is 0. The molecule has 0 aliphatic carbocycles. The first-order valence-corrected chi connectivity index (χ1v) is 30.3. The van der Waals surface area contributed by atoms with Crippen LogP contribution in [0.3, 0.4) is 0 Å². The summed E-state index contributed by atoms with van der Waals surface area (Å²) in [6.07, 6.45) is 95.0. The van der Waals surface area contributed by atoms with E-state index in [1.165, 1.54) is 0 Å². The summed E-state index contributed by atoms with van der Waals surface area (Å²) >= 11 is 0. The van der Waals surface area contributed by atoms with Crippen LogP contribution in [0.25, 0.3) is 0 Å². The average Bonchev–Trinajstić information content (AvgIpc) is 3.43. The van der Waals surface area contributed by atoms with Gasteiger partial charge in [-0.25, -0.2) is 0 Å². The van der Waals surface area contributed by atoms with Crippen LogP contribution in [-0.4, -0.2) is 37.2 Å². The minimum Gasteiger partial charge on any atom is -0.462 e. The van der Waals surface area contributed by atoms with Gasteiger partial charge in [-0.1, -0.05) is 248 Å². The quantitative estimate of drug-likeness (QED) is 0.0261. The van der Waals surface area contributed by atoms with E-state index < -0.39 is 6.10 Å². The maximum absolute atomic E-state index is 12.8. The van der Waals surface area contributed by atoms with Gasteiger partial charge in [0.2, 0.25) is 0 Å². The van der Waals surface area contributed by atoms with Gasteiger partial charge in [0.15, 0.2) is 6.10 Å². The van der Waals surface area contributed by atoms with Crippen LogP contribution in [0.1, 0.15) is 226 Å². The largest absolute Gasteiger partial charge is 0.462 e. The van der Waals surface area contributed by atoms with Gasteiger partial charge in [0, 0.05) is 19.3 Å². The maximum atomic E-state index is 12.8. The van der Waals surface area contributed by atoms with Crippen molar-refractivity contribution in [2.45, 2.75) is 232 Å². The van der Waals surface area contributed by atoms with E-state index in [4.69, 9.17) is 14.2 Å². The van der Waals surface area contributed by atoms with E-state index in [-0.39, 0.29) is 37.5 Å². The van der Waals surface area contributed by atoms with Gasteiger partial charge in [-0.2, -0.15) is 0 Å². The van der Waals surface area contributed by atoms with E-state index in [1.807, 2.05) is 0 Å². The van der Waals surface area contributed by atoms with E-state index >= 15 is 0 Å². The lowest BCUT2D eigenvalue weighted by Crippen LogP contribution is -2.30. The SMILES string of the molecule is CC/C=C\C/C=C\C/C=C\C/C=C\C/C=C\C/C=C\C/C=C\C/C=C\C/C=C\CCCCCC(=O)OCC(COC(=O)CCCCCCC)OC(=O)CCCCCC/C=C\C/C=C\C/C=C\C/C=C\C/C=C\C/C=C\CC. The van der Waals surface area contributed by atoms with Gasteiger partial charge in [0.1, 0.15) is 13.2 Å². The molecule has 0 saturated carbocycles. The lowest BCUT2D eigenvalue weighted by Gasteiger charge is -2.18. The molecular weight excluding hydrogens is 949 g/mol. The molecular formula is C71H108O6. The molecule has 0 amide bonds. The van der Waals surface area contributed by atoms with Crippen molar-refractivity contribution in [3.8, 4) is 0 Å². The van der Waals surface area contributed by atoms with Crippen LogP contribution in [-0.2, 0) is 28.6 Å². The van der Waals surface area contributed by atoms with Crippen LogP contribution in [0.4, 0.5) is 0 Å². The van der Waals surface area contributed by atoms with Crippen molar-refractivity contribution in [2.75, 3.05) is 13.2 Å². The van der Waals surface area contributed by atoms with Gasteiger partial charge in [-0.3, -0.25) is 14.4 Å². The van der Waals surface area contributed by atoms with Crippen LogP contribution in [0.15, 0.2) is 182 Å². The number of unbranched alkanes of at least 4 members (excludes halogenated alkanes) is 11. The molecule has 0 N–H and O–H groups in total. The van der Waals surface area contributed by atoms with E-state index in [2.05, 4.69) is 203 Å². The number of carbonyl (C=O) groups is 3. The minimum absolute atomic E-state index is 0.109. The average molecular weight is 1060 g/mol. The fourth-order valence-corrected chi connectivity index (χ4v) is 7.44. The molecule has 0 heterocycles. The second kappa shape index (κ2) is 63.0. The summed E-state index contributed by atoms with van der Waals surface area (Å²) in [5.74, 6) is -0.995. The van der Waals surface area contributed by atoms with Crippen molar-refractivity contribution >= 4 is 17.9 Å². The van der Waals surface area contributed by atoms with Crippen LogP contribution in [0, 0.1) is 0 Å². The summed E-state index contributed by atoms with van der Waals surface area (Å²) < 4.78 is 16.7. The predicted molar refractivity (Wildman–Crippen MR) is 334 cm³/mol. The van der Waals surface area contributed by atoms with Crippen LogP contribution >= 0.6 is 0 Å². The second-order valence-corrected chi connectivity index (χ2v) is 19.1. The Hall–Kier alpha value is -5.49. The predicted octanol–water partition coefficient (Wildman–Crippen LogP) is 20.9. The summed E-state index contributed by atoms with van der Waals surface area (Å²) in [6, 6.07) is 0. The Labute approximate surface area is 472 Å². The monoisotopic (exact) mass is 1060 g/mol. The second-order valence-electron chi connectivity index (χ2n) is 19.1. The van der Waals surface area contributed by atoms with E-state index in [0.29, 0.717) is 12.8 Å². The van der Waals surface area contributed by atoms with Gasteiger partial charge in [-0.05, 0) is 141 Å². The molecule has 6 heteroatoms. The fourth-order valence-electron chi connectivity index (χ4n) is 7.44. The normalized spacial score (nSPS) is 13.4. The Morgan fingerprint density at radius 1 is 0.273 bits per heavy atom. The highest BCUT2D eigenvalue weighted by atomic mass is 16.6. The van der Waals surface area contributed by atoms with Crippen LogP contribution < -0.4 is 0 Å². The van der Waals surface area contributed by atoms with Gasteiger partial charge in [0.05, 0.1) is 0 Å². The third kappa shape index (κ3) is 61.2. The Balaban J connectivity index is 4.26. The number of ether oxygens (including phenoxy) is 3. The molecule has 6 nitrogen and oxygen atoms in total. The van der Waals surface area contributed by atoms with Crippen molar-refractivity contribution in [3.63, 3.8) is 0 Å². The third-order valence-corrected chi connectivity index (χ3v) is 11.9. The number of esters is 3. The van der Waals surface area contributed by atoms with E-state index in [1.54, 1.807) is 0 Å². The third-order valence-electron chi connectivity index (χ3n) is 11.9. The fraction of sp³-hybridized carbons (Fsp3) is 0.535. The number of rotatable bonds is 52. The molecule has 0 aliphatic heterocycles. The molecule has 428 valence electrons. The Morgan fingerprint density at radius 2 is 0.506 bits per heavy atom. The molecule has 0 bridgehead atoms. The highest BCUT2D eigenvalue weighted by molar-refractivity contribution is 5.71. The van der Waals surface area contributed by atoms with E-state index in [9.17, 15) is 14.4 Å². The highest BCUT2D eigenvalue weighted by Gasteiger charge is 2.19. The zero-order valence-corrected chi connectivity index (χ0v) is 48.9. The highest BCUT2D eigenvalue weighted by Crippen LogP contribution is 2.12. The molecule has 0 aromatic rings. The number of allylic oxidation sites excluding steroid dienone is 30. The zero-order chi connectivity index (χ0) is 55.7. The summed E-state index contributed by atoms with van der Waals surface area (Å²) in [4.78, 5) is 37.9. The van der Waals surface area contributed by atoms with Crippen molar-refractivity contribution in [1.29, 1.82) is 0 Å². The van der Waals surface area contributed by atoms with Crippen molar-refractivity contribution in [1.82, 2.24) is 0 Å². The molecule has 0 aromatic carbocycles. The lowest BCUT2D eigenvalue weighted by molar-refractivity contribution is -0.167. The first-order chi connectivity index (χ1) is 38.0. The maximum Gasteiger partial charge on any atom is 0.306 e. The van der Waals surface area contributed by atoms with Gasteiger partial charge < -0.3 is 14.2 Å². The summed E-state index contributed by atoms with van der Waals surface area (Å²) in [6.45, 7) is 6.25. The molecule has 77 heavy (non-hydrogen) atoms. The van der Waals surface area contributed by atoms with Gasteiger partial charge >= 0.3 is 17.9 Å². The van der Waals surface area contributed by atoms with Crippen molar-refractivity contribution < 1.29 is 28.6 Å². The Kier molecular flexibility index (Phi) is 58.6. The Morgan fingerprint density at radius 3 is 0.792 bits per heavy atom. The molecule has 0 saturated heterocycles. The van der Waals surface area contributed by atoms with Crippen molar-refractivity contribution in [2.24, 2.45) is 0 Å². The molecule has 1 atom stereocenters. The summed E-state index contributed by atoms with van der Waals surface area (Å²) in [5, 5.41) is 0. The Bertz CT molecular complexity index is 1840. The minimum atomic E-state index is -0.813. The molecule has 0 aromatic heterocycles. The van der Waals surface area contributed by atoms with Gasteiger partial charge in [-0.15, -0.1) is 0 Å². The molecule has 0 aliphatic rings. The van der Waals surface area contributed by atoms with E-state index in [0.717, 1.165) is 186 Å². The molecule has 1 unspecified atom stereocenters. The first kappa shape index (κ1) is 71.5. The van der Waals surface area contributed by atoms with Crippen LogP contribution in [0.2, 0.25) is 0 Å². The molecule has 0 rings (SSSR count). The standard InChI is InChI=1S/C71H108O6/c1-4-7-10-13-15-17-19-21-23-25-27-29-31-32-33-34-35-36-37-38-40-41-43-45-47-49-51-53-55-58-61-64-70(73)76-67-68(66-75-69(72)63-60-57-12-9-6-3)77-71(74)65-62-59-56-54-52-50-48-46-44-42-39-30-28-26-24-22-20-18-16-14-11-8-5-2/h7-8,10-11,15-18,21-24,27-30,32-33,35-36,38,40,42-45,48-51,68H,4-6,9,12-14,19-20,25-26,31,34,37,39,41,46-47,52-67H2,1-3H3/b10-7-,11-8-,17-15-,18-16-,23-21-,24-22-,29-27-,30-28-,33-32-,36-35-,40-38-,44-42-,45-43-,50-48-,51-49-.